The lowest BCUT2D eigenvalue weighted by molar-refractivity contribution is 0.446. The van der Waals surface area contributed by atoms with E-state index in [0.29, 0.717) is 12.4 Å². The van der Waals surface area contributed by atoms with Crippen molar-refractivity contribution in [1.82, 2.24) is 13.9 Å². The zero-order chi connectivity index (χ0) is 14.1. The summed E-state index contributed by atoms with van der Waals surface area (Å²) in [5.74, 6) is 0.438. The summed E-state index contributed by atoms with van der Waals surface area (Å²) >= 11 is 0. The highest BCUT2D eigenvalue weighted by atomic mass is 32.2. The second-order valence-corrected chi connectivity index (χ2v) is 6.01. The fourth-order valence-corrected chi connectivity index (χ4v) is 2.81. The first-order chi connectivity index (χ1) is 8.21. The number of nitrogens with zero attached hydrogens (tertiary/aromatic N) is 3. The average Bonchev–Trinajstić information content (AvgIpc) is 2.68. The molecule has 0 saturated heterocycles. The Morgan fingerprint density at radius 3 is 2.61 bits per heavy atom. The second-order valence-electron chi connectivity index (χ2n) is 4.06. The molecule has 0 saturated carbocycles. The van der Waals surface area contributed by atoms with E-state index in [1.807, 2.05) is 6.92 Å². The van der Waals surface area contributed by atoms with E-state index in [1.54, 1.807) is 18.4 Å². The first kappa shape index (κ1) is 14.7. The fraction of sp³-hybridized carbons (Fsp3) is 0.600. The van der Waals surface area contributed by atoms with Crippen molar-refractivity contribution in [3.63, 3.8) is 0 Å². The van der Waals surface area contributed by atoms with Crippen molar-refractivity contribution in [3.05, 3.63) is 12.0 Å². The highest BCUT2D eigenvalue weighted by molar-refractivity contribution is 7.89. The predicted molar refractivity (Wildman–Crippen MR) is 69.0 cm³/mol. The third-order valence-electron chi connectivity index (χ3n) is 2.93. The summed E-state index contributed by atoms with van der Waals surface area (Å²) in [4.78, 5) is 4.04. The van der Waals surface area contributed by atoms with E-state index in [4.69, 9.17) is 11.1 Å². The van der Waals surface area contributed by atoms with Gasteiger partial charge in [-0.25, -0.2) is 13.4 Å². The van der Waals surface area contributed by atoms with Gasteiger partial charge in [-0.2, -0.15) is 4.31 Å². The fourth-order valence-electron chi connectivity index (χ4n) is 1.48. The Morgan fingerprint density at radius 2 is 2.22 bits per heavy atom. The molecule has 8 heteroatoms. The predicted octanol–water partition coefficient (Wildman–Crippen LogP) is 0.156. The van der Waals surface area contributed by atoms with Crippen molar-refractivity contribution in [3.8, 4) is 0 Å². The number of nitrogens with one attached hydrogen (secondary N) is 1. The quantitative estimate of drug-likeness (QED) is 0.588. The Hall–Kier alpha value is -1.41. The van der Waals surface area contributed by atoms with Crippen LogP contribution in [0, 0.1) is 12.3 Å². The Kier molecular flexibility index (Phi) is 4.12. The monoisotopic (exact) mass is 273 g/mol. The van der Waals surface area contributed by atoms with E-state index in [-0.39, 0.29) is 10.9 Å². The second kappa shape index (κ2) is 5.07. The van der Waals surface area contributed by atoms with Crippen molar-refractivity contribution >= 4 is 15.9 Å². The summed E-state index contributed by atoms with van der Waals surface area (Å²) in [6, 6.07) is -0.693. The molecule has 7 nitrogen and oxygen atoms in total. The van der Waals surface area contributed by atoms with Crippen LogP contribution in [-0.2, 0) is 16.6 Å². The van der Waals surface area contributed by atoms with Crippen LogP contribution in [0.3, 0.4) is 0 Å². The standard InChI is InChI=1S/C10H19N5O2S/c1-5-15-6-9(13-8(15)3)18(16,17)14(4)7(2)10(11)12/h6-7H,5H2,1-4H3,(H3,11,12). The summed E-state index contributed by atoms with van der Waals surface area (Å²) in [6.07, 6.45) is 1.49. The van der Waals surface area contributed by atoms with Crippen molar-refractivity contribution < 1.29 is 8.42 Å². The van der Waals surface area contributed by atoms with Gasteiger partial charge in [0.1, 0.15) is 11.7 Å². The van der Waals surface area contributed by atoms with E-state index in [9.17, 15) is 8.42 Å². The van der Waals surface area contributed by atoms with Gasteiger partial charge in [-0.15, -0.1) is 0 Å². The Morgan fingerprint density at radius 1 is 1.67 bits per heavy atom. The van der Waals surface area contributed by atoms with E-state index >= 15 is 0 Å². The molecule has 0 amide bonds. The number of nitrogens with two attached hydrogens (primary N) is 1. The maximum Gasteiger partial charge on any atom is 0.262 e. The molecule has 0 bridgehead atoms. The minimum Gasteiger partial charge on any atom is -0.386 e. The maximum absolute atomic E-state index is 12.3. The summed E-state index contributed by atoms with van der Waals surface area (Å²) in [7, 11) is -2.32. The lowest BCUT2D eigenvalue weighted by Crippen LogP contribution is -2.43. The van der Waals surface area contributed by atoms with Gasteiger partial charge in [0, 0.05) is 19.8 Å². The van der Waals surface area contributed by atoms with E-state index in [0.717, 1.165) is 4.31 Å². The molecule has 0 aromatic carbocycles. The van der Waals surface area contributed by atoms with Crippen LogP contribution in [0.25, 0.3) is 0 Å². The molecule has 0 radical (unpaired) electrons. The summed E-state index contributed by atoms with van der Waals surface area (Å²) < 4.78 is 27.3. The van der Waals surface area contributed by atoms with Gasteiger partial charge in [0.15, 0.2) is 5.03 Å². The molecule has 1 unspecified atom stereocenters. The first-order valence-corrected chi connectivity index (χ1v) is 7.01. The summed E-state index contributed by atoms with van der Waals surface area (Å²) in [5.41, 5.74) is 5.32. The van der Waals surface area contributed by atoms with Gasteiger partial charge in [-0.1, -0.05) is 0 Å². The van der Waals surface area contributed by atoms with E-state index < -0.39 is 16.1 Å². The van der Waals surface area contributed by atoms with Crippen LogP contribution in [0.5, 0.6) is 0 Å². The van der Waals surface area contributed by atoms with Crippen molar-refractivity contribution in [2.45, 2.75) is 38.4 Å². The largest absolute Gasteiger partial charge is 0.386 e. The first-order valence-electron chi connectivity index (χ1n) is 5.57. The van der Waals surface area contributed by atoms with Gasteiger partial charge >= 0.3 is 0 Å². The van der Waals surface area contributed by atoms with Crippen LogP contribution in [0.2, 0.25) is 0 Å². The zero-order valence-electron chi connectivity index (χ0n) is 11.0. The molecule has 1 aromatic heterocycles. The molecule has 1 rings (SSSR count). The lowest BCUT2D eigenvalue weighted by atomic mass is 10.3. The van der Waals surface area contributed by atoms with Gasteiger partial charge in [0.25, 0.3) is 10.0 Å². The molecule has 1 aromatic rings. The van der Waals surface area contributed by atoms with Crippen molar-refractivity contribution in [2.24, 2.45) is 5.73 Å². The van der Waals surface area contributed by atoms with Crippen molar-refractivity contribution in [1.29, 1.82) is 5.41 Å². The van der Waals surface area contributed by atoms with E-state index in [2.05, 4.69) is 4.98 Å². The molecule has 0 aliphatic rings. The molecule has 0 fully saturated rings. The molecule has 0 spiro atoms. The molecular formula is C10H19N5O2S. The number of sulfonamides is 1. The number of hydrogen-bond donors (Lipinski definition) is 2. The average molecular weight is 273 g/mol. The van der Waals surface area contributed by atoms with Crippen LogP contribution in [0.4, 0.5) is 0 Å². The lowest BCUT2D eigenvalue weighted by Gasteiger charge is -2.21. The maximum atomic E-state index is 12.3. The molecular weight excluding hydrogens is 254 g/mol. The van der Waals surface area contributed by atoms with Crippen LogP contribution in [-0.4, -0.2) is 41.2 Å². The van der Waals surface area contributed by atoms with Gasteiger partial charge in [-0.3, -0.25) is 5.41 Å². The number of likely N-dealkylation sites (N-methyl/N-ethyl adjacent to an activating group) is 1. The topological polar surface area (TPSA) is 105 Å². The minimum absolute atomic E-state index is 0.0162. The third-order valence-corrected chi connectivity index (χ3v) is 4.73. The van der Waals surface area contributed by atoms with Crippen molar-refractivity contribution in [2.75, 3.05) is 7.05 Å². The van der Waals surface area contributed by atoms with Gasteiger partial charge in [-0.05, 0) is 20.8 Å². The summed E-state index contributed by atoms with van der Waals surface area (Å²) in [5, 5.41) is 7.29. The molecule has 3 N–H and O–H groups in total. The number of aromatic nitrogens is 2. The minimum atomic E-state index is -3.71. The molecule has 102 valence electrons. The molecule has 1 heterocycles. The third kappa shape index (κ3) is 2.54. The highest BCUT2D eigenvalue weighted by Crippen LogP contribution is 2.16. The van der Waals surface area contributed by atoms with Gasteiger partial charge in [0.2, 0.25) is 0 Å². The van der Waals surface area contributed by atoms with Crippen LogP contribution in [0.15, 0.2) is 11.2 Å². The van der Waals surface area contributed by atoms with Gasteiger partial charge in [0.05, 0.1) is 6.04 Å². The zero-order valence-corrected chi connectivity index (χ0v) is 11.8. The Bertz CT molecular complexity index is 549. The molecule has 18 heavy (non-hydrogen) atoms. The smallest absolute Gasteiger partial charge is 0.262 e. The Balaban J connectivity index is 3.17. The SMILES string of the molecule is CCn1cc(S(=O)(=O)N(C)C(C)C(=N)N)nc1C. The van der Waals surface area contributed by atoms with Crippen LogP contribution >= 0.6 is 0 Å². The van der Waals surface area contributed by atoms with E-state index in [1.165, 1.54) is 13.2 Å². The van der Waals surface area contributed by atoms with Crippen LogP contribution in [0.1, 0.15) is 19.7 Å². The Labute approximate surface area is 107 Å². The number of imidazole rings is 1. The number of amidine groups is 1. The number of hydrogen-bond acceptors (Lipinski definition) is 4. The normalized spacial score (nSPS) is 13.8. The molecule has 1 atom stereocenters. The number of aryl methyl sites for hydroxylation is 2. The summed E-state index contributed by atoms with van der Waals surface area (Å²) in [6.45, 7) is 5.87. The number of rotatable bonds is 5. The molecule has 0 aliphatic carbocycles. The highest BCUT2D eigenvalue weighted by Gasteiger charge is 2.29. The van der Waals surface area contributed by atoms with Gasteiger partial charge < -0.3 is 10.3 Å². The molecule has 0 aliphatic heterocycles. The van der Waals surface area contributed by atoms with Crippen LogP contribution < -0.4 is 5.73 Å².